The van der Waals surface area contributed by atoms with E-state index >= 15 is 0 Å². The maximum absolute atomic E-state index is 11.1. The summed E-state index contributed by atoms with van der Waals surface area (Å²) in [4.78, 5) is 10.6. The van der Waals surface area contributed by atoms with Gasteiger partial charge in [0.25, 0.3) is 0 Å². The number of rotatable bonds is 2. The van der Waals surface area contributed by atoms with Crippen LogP contribution in [0.4, 0.5) is 11.4 Å². The van der Waals surface area contributed by atoms with E-state index in [9.17, 15) is 10.1 Å². The van der Waals surface area contributed by atoms with Crippen molar-refractivity contribution in [1.82, 2.24) is 5.43 Å². The first-order chi connectivity index (χ1) is 10.7. The molecule has 1 aliphatic rings. The van der Waals surface area contributed by atoms with Gasteiger partial charge in [0, 0.05) is 10.5 Å². The van der Waals surface area contributed by atoms with E-state index in [-0.39, 0.29) is 6.17 Å². The van der Waals surface area contributed by atoms with Gasteiger partial charge in [0.05, 0.1) is 11.4 Å². The van der Waals surface area contributed by atoms with Crippen molar-refractivity contribution in [3.63, 3.8) is 0 Å². The fourth-order valence-corrected chi connectivity index (χ4v) is 2.26. The highest BCUT2D eigenvalue weighted by atomic mass is 16.6. The number of para-hydroxylation sites is 2. The van der Waals surface area contributed by atoms with Gasteiger partial charge < -0.3 is 10.1 Å². The quantitative estimate of drug-likeness (QED) is 0.630. The highest BCUT2D eigenvalue weighted by Crippen LogP contribution is 2.25. The first kappa shape index (κ1) is 13.9. The van der Waals surface area contributed by atoms with Crippen molar-refractivity contribution in [2.75, 3.05) is 10.0 Å². The lowest BCUT2D eigenvalue weighted by molar-refractivity contribution is -0.357. The van der Waals surface area contributed by atoms with E-state index in [0.29, 0.717) is 0 Å². The van der Waals surface area contributed by atoms with Crippen LogP contribution in [0.15, 0.2) is 65.8 Å². The Labute approximate surface area is 127 Å². The minimum absolute atomic E-state index is 0.284. The van der Waals surface area contributed by atoms with Crippen LogP contribution in [0.3, 0.4) is 0 Å². The molecule has 0 amide bonds. The lowest BCUT2D eigenvalue weighted by atomic mass is 10.2. The SMILES string of the molecule is C[C@@H]1N(c2ccccc2)[N]C([N+](=O)[O-])=NN1c1ccccc1. The summed E-state index contributed by atoms with van der Waals surface area (Å²) < 4.78 is 0. The lowest BCUT2D eigenvalue weighted by Gasteiger charge is -2.33. The van der Waals surface area contributed by atoms with Crippen LogP contribution in [0, 0.1) is 10.1 Å². The van der Waals surface area contributed by atoms with Gasteiger partial charge in [0.2, 0.25) is 0 Å². The van der Waals surface area contributed by atoms with Gasteiger partial charge in [-0.3, -0.25) is 0 Å². The molecule has 0 aromatic heterocycles. The first-order valence-corrected chi connectivity index (χ1v) is 6.80. The predicted molar refractivity (Wildman–Crippen MR) is 83.9 cm³/mol. The van der Waals surface area contributed by atoms with Gasteiger partial charge in [-0.15, -0.1) is 0 Å². The van der Waals surface area contributed by atoms with Crippen molar-refractivity contribution >= 4 is 17.3 Å². The Kier molecular flexibility index (Phi) is 3.61. The molecule has 2 aromatic carbocycles. The molecule has 111 valence electrons. The zero-order valence-corrected chi connectivity index (χ0v) is 11.9. The molecule has 0 aliphatic carbocycles. The molecule has 1 radical (unpaired) electrons. The molecule has 0 spiro atoms. The third kappa shape index (κ3) is 2.56. The molecule has 0 bridgehead atoms. The highest BCUT2D eigenvalue weighted by molar-refractivity contribution is 5.77. The molecule has 1 heterocycles. The fraction of sp³-hybridized carbons (Fsp3) is 0.133. The molecule has 2 aromatic rings. The number of hydrazone groups is 1. The molecule has 0 saturated heterocycles. The molecule has 7 nitrogen and oxygen atoms in total. The van der Waals surface area contributed by atoms with Gasteiger partial charge in [-0.25, -0.2) is 0 Å². The standard InChI is InChI=1S/C15H14N5O2/c1-12-18(13-8-4-2-5-9-13)16-15(20(21)22)17-19(12)14-10-6-3-7-11-14/h2-12H,1H3. The zero-order chi connectivity index (χ0) is 15.5. The minimum Gasteiger partial charge on any atom is -0.390 e. The van der Waals surface area contributed by atoms with Crippen molar-refractivity contribution in [2.45, 2.75) is 13.1 Å². The van der Waals surface area contributed by atoms with Crippen molar-refractivity contribution in [1.29, 1.82) is 0 Å². The van der Waals surface area contributed by atoms with Crippen molar-refractivity contribution < 1.29 is 4.92 Å². The summed E-state index contributed by atoms with van der Waals surface area (Å²) in [7, 11) is 0. The van der Waals surface area contributed by atoms with Gasteiger partial charge in [0.15, 0.2) is 6.17 Å². The lowest BCUT2D eigenvalue weighted by Crippen LogP contribution is -2.56. The summed E-state index contributed by atoms with van der Waals surface area (Å²) in [6, 6.07) is 18.6. The van der Waals surface area contributed by atoms with Gasteiger partial charge in [-0.1, -0.05) is 36.4 Å². The zero-order valence-electron chi connectivity index (χ0n) is 11.9. The van der Waals surface area contributed by atoms with E-state index in [1.807, 2.05) is 67.6 Å². The molecule has 0 unspecified atom stereocenters. The molecular formula is C15H14N5O2. The summed E-state index contributed by atoms with van der Waals surface area (Å²) in [6.45, 7) is 1.89. The summed E-state index contributed by atoms with van der Waals surface area (Å²) in [5.41, 5.74) is 5.59. The van der Waals surface area contributed by atoms with Crippen molar-refractivity contribution in [2.24, 2.45) is 5.10 Å². The summed E-state index contributed by atoms with van der Waals surface area (Å²) >= 11 is 0. The number of nitrogens with zero attached hydrogens (tertiary/aromatic N) is 5. The highest BCUT2D eigenvalue weighted by Gasteiger charge is 2.38. The van der Waals surface area contributed by atoms with Gasteiger partial charge >= 0.3 is 5.96 Å². The minimum atomic E-state index is -0.586. The van der Waals surface area contributed by atoms with E-state index in [0.717, 1.165) is 11.4 Å². The third-order valence-electron chi connectivity index (χ3n) is 3.31. The number of benzene rings is 2. The fourth-order valence-electron chi connectivity index (χ4n) is 2.26. The van der Waals surface area contributed by atoms with Crippen molar-refractivity contribution in [3.05, 3.63) is 70.8 Å². The molecule has 1 aliphatic heterocycles. The molecule has 0 fully saturated rings. The maximum Gasteiger partial charge on any atom is 0.510 e. The largest absolute Gasteiger partial charge is 0.510 e. The average Bonchev–Trinajstić information content (AvgIpc) is 2.56. The normalized spacial score (nSPS) is 17.7. The maximum atomic E-state index is 11.1. The van der Waals surface area contributed by atoms with Crippen molar-refractivity contribution in [3.8, 4) is 0 Å². The molecule has 22 heavy (non-hydrogen) atoms. The van der Waals surface area contributed by atoms with Gasteiger partial charge in [0.1, 0.15) is 0 Å². The van der Waals surface area contributed by atoms with Gasteiger partial charge in [-0.05, 0) is 36.1 Å². The topological polar surface area (TPSA) is 76.1 Å². The van der Waals surface area contributed by atoms with Crippen LogP contribution in [-0.4, -0.2) is 17.0 Å². The Morgan fingerprint density at radius 2 is 1.45 bits per heavy atom. The van der Waals surface area contributed by atoms with Crippen LogP contribution < -0.4 is 15.4 Å². The molecular weight excluding hydrogens is 282 g/mol. The molecule has 3 rings (SSSR count). The number of hydrogen-bond donors (Lipinski definition) is 0. The number of guanidine groups is 1. The monoisotopic (exact) mass is 296 g/mol. The summed E-state index contributed by atoms with van der Waals surface area (Å²) in [6.07, 6.45) is -0.284. The smallest absolute Gasteiger partial charge is 0.390 e. The van der Waals surface area contributed by atoms with Crippen LogP contribution in [0.25, 0.3) is 0 Å². The molecule has 0 N–H and O–H groups in total. The second-order valence-electron chi connectivity index (χ2n) is 4.75. The average molecular weight is 296 g/mol. The summed E-state index contributed by atoms with van der Waals surface area (Å²) in [5.74, 6) is -0.439. The molecule has 1 atom stereocenters. The van der Waals surface area contributed by atoms with E-state index in [2.05, 4.69) is 10.5 Å². The third-order valence-corrected chi connectivity index (χ3v) is 3.31. The second kappa shape index (κ2) is 5.72. The Hall–Kier alpha value is -3.09. The van der Waals surface area contributed by atoms with E-state index in [1.165, 1.54) is 0 Å². The second-order valence-corrected chi connectivity index (χ2v) is 4.75. The Bertz CT molecular complexity index is 690. The number of nitro groups is 1. The number of hydrogen-bond acceptors (Lipinski definition) is 5. The molecule has 7 heteroatoms. The Morgan fingerprint density at radius 3 is 1.95 bits per heavy atom. The van der Waals surface area contributed by atoms with Crippen LogP contribution >= 0.6 is 0 Å². The van der Waals surface area contributed by atoms with E-state index in [1.54, 1.807) is 10.0 Å². The van der Waals surface area contributed by atoms with Crippen LogP contribution in [-0.2, 0) is 0 Å². The van der Waals surface area contributed by atoms with Crippen LogP contribution in [0.2, 0.25) is 0 Å². The number of anilines is 2. The first-order valence-electron chi connectivity index (χ1n) is 6.80. The van der Waals surface area contributed by atoms with E-state index in [4.69, 9.17) is 0 Å². The molecule has 0 saturated carbocycles. The Morgan fingerprint density at radius 1 is 0.955 bits per heavy atom. The predicted octanol–water partition coefficient (Wildman–Crippen LogP) is 2.43. The Balaban J connectivity index is 2.02. The van der Waals surface area contributed by atoms with Gasteiger partial charge in [-0.2, -0.15) is 10.0 Å². The van der Waals surface area contributed by atoms with Crippen LogP contribution in [0.5, 0.6) is 0 Å². The van der Waals surface area contributed by atoms with Crippen LogP contribution in [0.1, 0.15) is 6.92 Å². The summed E-state index contributed by atoms with van der Waals surface area (Å²) in [5, 5.41) is 18.4. The van der Waals surface area contributed by atoms with E-state index < -0.39 is 10.9 Å².